The molecule has 0 aromatic heterocycles. The van der Waals surface area contributed by atoms with Crippen molar-refractivity contribution in [3.63, 3.8) is 0 Å². The molecule has 2 aromatic rings. The zero-order valence-electron chi connectivity index (χ0n) is 15.4. The number of anilines is 1. The number of hydrogen-bond acceptors (Lipinski definition) is 3. The number of piperazine rings is 1. The quantitative estimate of drug-likeness (QED) is 0.738. The molecular formula is C21H27Cl2N3. The van der Waals surface area contributed by atoms with E-state index in [9.17, 15) is 0 Å². The summed E-state index contributed by atoms with van der Waals surface area (Å²) < 4.78 is 0. The lowest BCUT2D eigenvalue weighted by Gasteiger charge is -2.52. The molecule has 4 rings (SSSR count). The monoisotopic (exact) mass is 391 g/mol. The third-order valence-corrected chi connectivity index (χ3v) is 5.56. The van der Waals surface area contributed by atoms with Crippen LogP contribution in [0.25, 0.3) is 10.8 Å². The fraction of sp³-hybridized carbons (Fsp3) is 0.476. The van der Waals surface area contributed by atoms with E-state index in [2.05, 4.69) is 54.4 Å². The van der Waals surface area contributed by atoms with Crippen LogP contribution in [-0.4, -0.2) is 24.2 Å². The zero-order chi connectivity index (χ0) is 16.7. The number of nitrogens with one attached hydrogen (secondary N) is 1. The Bertz CT molecular complexity index is 812. The Kier molecular flexibility index (Phi) is 6.45. The van der Waals surface area contributed by atoms with Crippen molar-refractivity contribution in [1.29, 1.82) is 5.26 Å². The Morgan fingerprint density at radius 2 is 1.73 bits per heavy atom. The van der Waals surface area contributed by atoms with E-state index in [4.69, 9.17) is 5.26 Å². The van der Waals surface area contributed by atoms with Crippen LogP contribution in [0.2, 0.25) is 0 Å². The van der Waals surface area contributed by atoms with Gasteiger partial charge in [0.2, 0.25) is 0 Å². The molecule has 2 aliphatic rings. The number of rotatable bonds is 1. The van der Waals surface area contributed by atoms with Gasteiger partial charge in [-0.25, -0.2) is 0 Å². The van der Waals surface area contributed by atoms with Crippen molar-refractivity contribution in [2.24, 2.45) is 0 Å². The maximum absolute atomic E-state index is 9.08. The van der Waals surface area contributed by atoms with Crippen molar-refractivity contribution in [1.82, 2.24) is 5.32 Å². The number of halogens is 2. The number of fused-ring (bicyclic) bond motifs is 2. The Hall–Kier alpha value is -1.47. The van der Waals surface area contributed by atoms with Crippen LogP contribution in [-0.2, 0) is 0 Å². The van der Waals surface area contributed by atoms with E-state index < -0.39 is 0 Å². The second-order valence-electron chi connectivity index (χ2n) is 7.97. The highest BCUT2D eigenvalue weighted by Crippen LogP contribution is 2.34. The second-order valence-corrected chi connectivity index (χ2v) is 7.97. The topological polar surface area (TPSA) is 39.1 Å². The third-order valence-electron chi connectivity index (χ3n) is 5.56. The Balaban J connectivity index is 0.00000121. The molecule has 2 fully saturated rings. The van der Waals surface area contributed by atoms with E-state index in [-0.39, 0.29) is 30.4 Å². The smallest absolute Gasteiger partial charge is 0.0991 e. The Labute approximate surface area is 168 Å². The second kappa shape index (κ2) is 8.05. The number of nitriles is 1. The predicted octanol–water partition coefficient (Wildman–Crippen LogP) is 5.05. The average molecular weight is 392 g/mol. The maximum atomic E-state index is 9.08. The summed E-state index contributed by atoms with van der Waals surface area (Å²) in [6.45, 7) is 5.66. The molecule has 1 heterocycles. The van der Waals surface area contributed by atoms with Crippen LogP contribution in [0, 0.1) is 11.3 Å². The fourth-order valence-electron chi connectivity index (χ4n) is 4.51. The normalized spacial score (nSPS) is 24.0. The summed E-state index contributed by atoms with van der Waals surface area (Å²) in [5.41, 5.74) is 2.18. The van der Waals surface area contributed by atoms with Crippen molar-refractivity contribution < 1.29 is 0 Å². The van der Waals surface area contributed by atoms with Crippen LogP contribution in [0.5, 0.6) is 0 Å². The first kappa shape index (κ1) is 20.8. The predicted molar refractivity (Wildman–Crippen MR) is 114 cm³/mol. The van der Waals surface area contributed by atoms with Gasteiger partial charge in [-0.05, 0) is 61.7 Å². The first-order valence-corrected chi connectivity index (χ1v) is 9.04. The van der Waals surface area contributed by atoms with Crippen LogP contribution in [0.15, 0.2) is 36.4 Å². The number of nitrogens with zero attached hydrogens (tertiary/aromatic N) is 2. The van der Waals surface area contributed by atoms with E-state index in [0.717, 1.165) is 17.5 Å². The first-order valence-electron chi connectivity index (χ1n) is 9.04. The van der Waals surface area contributed by atoms with Gasteiger partial charge in [-0.15, -0.1) is 24.8 Å². The van der Waals surface area contributed by atoms with Gasteiger partial charge in [0.15, 0.2) is 0 Å². The zero-order valence-corrected chi connectivity index (χ0v) is 17.0. The molecule has 0 bridgehead atoms. The molecule has 2 atom stereocenters. The van der Waals surface area contributed by atoms with Crippen LogP contribution < -0.4 is 10.2 Å². The molecule has 2 aromatic carbocycles. The highest BCUT2D eigenvalue weighted by atomic mass is 35.5. The molecule has 3 nitrogen and oxygen atoms in total. The van der Waals surface area contributed by atoms with Gasteiger partial charge in [0.05, 0.1) is 11.6 Å². The fourth-order valence-corrected chi connectivity index (χ4v) is 4.51. The molecule has 1 N–H and O–H groups in total. The Morgan fingerprint density at radius 3 is 2.50 bits per heavy atom. The van der Waals surface area contributed by atoms with Crippen LogP contribution in [0.1, 0.15) is 45.1 Å². The highest BCUT2D eigenvalue weighted by molar-refractivity contribution is 5.87. The van der Waals surface area contributed by atoms with Crippen molar-refractivity contribution in [2.75, 3.05) is 11.4 Å². The molecule has 0 unspecified atom stereocenters. The van der Waals surface area contributed by atoms with E-state index >= 15 is 0 Å². The van der Waals surface area contributed by atoms with Gasteiger partial charge in [0.1, 0.15) is 0 Å². The molecule has 0 spiro atoms. The third kappa shape index (κ3) is 3.93. The number of benzene rings is 2. The molecule has 1 saturated heterocycles. The van der Waals surface area contributed by atoms with Crippen molar-refractivity contribution in [2.45, 2.75) is 57.2 Å². The summed E-state index contributed by atoms with van der Waals surface area (Å²) in [5, 5.41) is 15.3. The van der Waals surface area contributed by atoms with E-state index in [1.807, 2.05) is 12.1 Å². The van der Waals surface area contributed by atoms with E-state index in [0.29, 0.717) is 12.1 Å². The highest BCUT2D eigenvalue weighted by Gasteiger charge is 2.40. The first-order chi connectivity index (χ1) is 11.6. The van der Waals surface area contributed by atoms with Crippen molar-refractivity contribution in [3.05, 3.63) is 42.0 Å². The molecule has 26 heavy (non-hydrogen) atoms. The summed E-state index contributed by atoms with van der Waals surface area (Å²) in [5.74, 6) is 0. The Morgan fingerprint density at radius 1 is 1.04 bits per heavy atom. The van der Waals surface area contributed by atoms with Gasteiger partial charge < -0.3 is 10.2 Å². The summed E-state index contributed by atoms with van der Waals surface area (Å²) >= 11 is 0. The molecule has 0 amide bonds. The van der Waals surface area contributed by atoms with Gasteiger partial charge in [0, 0.05) is 29.9 Å². The van der Waals surface area contributed by atoms with Crippen molar-refractivity contribution >= 4 is 41.3 Å². The lowest BCUT2D eigenvalue weighted by atomic mass is 9.83. The van der Waals surface area contributed by atoms with Crippen LogP contribution in [0.3, 0.4) is 0 Å². The molecular weight excluding hydrogens is 365 g/mol. The minimum Gasteiger partial charge on any atom is -0.365 e. The van der Waals surface area contributed by atoms with E-state index in [1.54, 1.807) is 0 Å². The van der Waals surface area contributed by atoms with Gasteiger partial charge in [-0.1, -0.05) is 25.0 Å². The van der Waals surface area contributed by atoms with E-state index in [1.165, 1.54) is 36.8 Å². The summed E-state index contributed by atoms with van der Waals surface area (Å²) in [6.07, 6.45) is 5.23. The molecule has 1 aliphatic heterocycles. The van der Waals surface area contributed by atoms with Gasteiger partial charge in [-0.3, -0.25) is 0 Å². The SMILES string of the molecule is CC1(C)CN(c2ccc3cc(C#N)ccc3c2)[C@H]2CCCC[C@@H]2N1.Cl.Cl. The molecule has 1 saturated carbocycles. The summed E-state index contributed by atoms with van der Waals surface area (Å²) in [7, 11) is 0. The van der Waals surface area contributed by atoms with Crippen LogP contribution in [0.4, 0.5) is 5.69 Å². The minimum absolute atomic E-state index is 0. The largest absolute Gasteiger partial charge is 0.365 e. The lowest BCUT2D eigenvalue weighted by Crippen LogP contribution is -2.67. The van der Waals surface area contributed by atoms with Gasteiger partial charge in [0.25, 0.3) is 0 Å². The summed E-state index contributed by atoms with van der Waals surface area (Å²) in [6, 6.07) is 16.1. The number of hydrogen-bond donors (Lipinski definition) is 1. The molecule has 140 valence electrons. The maximum Gasteiger partial charge on any atom is 0.0991 e. The van der Waals surface area contributed by atoms with Gasteiger partial charge in [-0.2, -0.15) is 5.26 Å². The molecule has 0 radical (unpaired) electrons. The van der Waals surface area contributed by atoms with Crippen LogP contribution >= 0.6 is 24.8 Å². The standard InChI is InChI=1S/C21H25N3.2ClH/c1-21(2)14-24(20-6-4-3-5-19(20)23-21)18-10-9-16-11-15(13-22)7-8-17(16)12-18;;/h7-12,19-20,23H,3-6,14H2,1-2H3;2*1H/t19-,20-;;/m0../s1. The minimum atomic E-state index is 0. The average Bonchev–Trinajstić information content (AvgIpc) is 2.59. The summed E-state index contributed by atoms with van der Waals surface area (Å²) in [4.78, 5) is 2.62. The van der Waals surface area contributed by atoms with Crippen molar-refractivity contribution in [3.8, 4) is 6.07 Å². The molecule has 1 aliphatic carbocycles. The molecule has 5 heteroatoms. The van der Waals surface area contributed by atoms with Gasteiger partial charge >= 0.3 is 0 Å². The lowest BCUT2D eigenvalue weighted by molar-refractivity contribution is 0.199.